The van der Waals surface area contributed by atoms with E-state index in [1.807, 2.05) is 0 Å². The van der Waals surface area contributed by atoms with Crippen molar-refractivity contribution in [2.75, 3.05) is 5.73 Å². The number of nitrogen functional groups attached to an aromatic ring is 1. The van der Waals surface area contributed by atoms with Gasteiger partial charge in [0.15, 0.2) is 0 Å². The van der Waals surface area contributed by atoms with Crippen LogP contribution in [0.15, 0.2) is 36.4 Å². The second-order valence-corrected chi connectivity index (χ2v) is 5.85. The Kier molecular flexibility index (Phi) is 2.10. The predicted molar refractivity (Wildman–Crippen MR) is 88.8 cm³/mol. The molecule has 0 radical (unpaired) electrons. The number of aryl methyl sites for hydroxylation is 3. The molecule has 0 atom stereocenters. The normalized spacial score (nSPS) is 11.9. The highest BCUT2D eigenvalue weighted by molar-refractivity contribution is 6.26. The molecule has 20 heavy (non-hydrogen) atoms. The topological polar surface area (TPSA) is 26.0 Å². The van der Waals surface area contributed by atoms with E-state index < -0.39 is 0 Å². The second-order valence-electron chi connectivity index (χ2n) is 5.85. The van der Waals surface area contributed by atoms with E-state index in [9.17, 15) is 0 Å². The van der Waals surface area contributed by atoms with Crippen LogP contribution in [0.2, 0.25) is 0 Å². The summed E-state index contributed by atoms with van der Waals surface area (Å²) < 4.78 is 0. The van der Waals surface area contributed by atoms with E-state index in [0.717, 1.165) is 11.3 Å². The summed E-state index contributed by atoms with van der Waals surface area (Å²) in [6, 6.07) is 13.3. The van der Waals surface area contributed by atoms with Gasteiger partial charge >= 0.3 is 0 Å². The molecule has 0 aromatic heterocycles. The molecule has 0 fully saturated rings. The van der Waals surface area contributed by atoms with E-state index in [1.54, 1.807) is 0 Å². The first kappa shape index (κ1) is 11.5. The molecule has 0 spiro atoms. The van der Waals surface area contributed by atoms with Crippen LogP contribution >= 0.6 is 0 Å². The maximum Gasteiger partial charge on any atom is 0.0424 e. The third kappa shape index (κ3) is 1.27. The standard InChI is InChI=1S/C19H17N/c1-10-8-13-5-7-16-18-14(9-11(2)19(16)20)4-6-15(12(10)3)17(13)18/h4-9H,20H2,1-3H3. The third-order valence-corrected chi connectivity index (χ3v) is 4.68. The number of anilines is 1. The highest BCUT2D eigenvalue weighted by atomic mass is 14.6. The zero-order valence-corrected chi connectivity index (χ0v) is 12.0. The minimum atomic E-state index is 0.908. The van der Waals surface area contributed by atoms with Crippen molar-refractivity contribution in [3.05, 3.63) is 53.1 Å². The lowest BCUT2D eigenvalue weighted by atomic mass is 9.89. The van der Waals surface area contributed by atoms with Crippen LogP contribution in [-0.4, -0.2) is 0 Å². The molecule has 0 bridgehead atoms. The molecule has 1 heteroatoms. The van der Waals surface area contributed by atoms with Crippen LogP contribution in [0.3, 0.4) is 0 Å². The van der Waals surface area contributed by atoms with Crippen molar-refractivity contribution >= 4 is 38.0 Å². The maximum absolute atomic E-state index is 6.30. The molecule has 2 N–H and O–H groups in total. The van der Waals surface area contributed by atoms with Crippen LogP contribution < -0.4 is 5.73 Å². The average Bonchev–Trinajstić information content (AvgIpc) is 2.44. The van der Waals surface area contributed by atoms with E-state index in [0.29, 0.717) is 0 Å². The van der Waals surface area contributed by atoms with Crippen molar-refractivity contribution in [1.82, 2.24) is 0 Å². The van der Waals surface area contributed by atoms with Gasteiger partial charge in [-0.05, 0) is 70.5 Å². The number of hydrogen-bond donors (Lipinski definition) is 1. The summed E-state index contributed by atoms with van der Waals surface area (Å²) in [5, 5.41) is 7.79. The summed E-state index contributed by atoms with van der Waals surface area (Å²) >= 11 is 0. The van der Waals surface area contributed by atoms with Crippen LogP contribution in [-0.2, 0) is 0 Å². The molecule has 0 heterocycles. The summed E-state index contributed by atoms with van der Waals surface area (Å²) in [5.74, 6) is 0. The van der Waals surface area contributed by atoms with E-state index in [2.05, 4.69) is 57.2 Å². The van der Waals surface area contributed by atoms with Crippen LogP contribution in [0.1, 0.15) is 16.7 Å². The largest absolute Gasteiger partial charge is 0.398 e. The molecule has 0 unspecified atom stereocenters. The Balaban J connectivity index is 2.42. The Hall–Kier alpha value is -2.28. The first-order valence-corrected chi connectivity index (χ1v) is 7.01. The Morgan fingerprint density at radius 1 is 0.700 bits per heavy atom. The molecule has 0 amide bonds. The van der Waals surface area contributed by atoms with Crippen molar-refractivity contribution in [2.45, 2.75) is 20.8 Å². The predicted octanol–water partition coefficient (Wildman–Crippen LogP) is 5.09. The van der Waals surface area contributed by atoms with Crippen molar-refractivity contribution in [1.29, 1.82) is 0 Å². The molecular formula is C19H17N. The molecule has 0 saturated heterocycles. The summed E-state index contributed by atoms with van der Waals surface area (Å²) in [4.78, 5) is 0. The SMILES string of the molecule is Cc1cc2ccc3c(N)c(C)cc4ccc(c1C)c2c43. The smallest absolute Gasteiger partial charge is 0.0424 e. The molecule has 4 aromatic carbocycles. The quantitative estimate of drug-likeness (QED) is 0.345. The van der Waals surface area contributed by atoms with Gasteiger partial charge < -0.3 is 5.73 Å². The summed E-state index contributed by atoms with van der Waals surface area (Å²) in [6.07, 6.45) is 0. The molecule has 98 valence electrons. The first-order valence-electron chi connectivity index (χ1n) is 7.01. The number of rotatable bonds is 0. The monoisotopic (exact) mass is 259 g/mol. The summed E-state index contributed by atoms with van der Waals surface area (Å²) in [7, 11) is 0. The van der Waals surface area contributed by atoms with Gasteiger partial charge in [-0.1, -0.05) is 30.3 Å². The van der Waals surface area contributed by atoms with Gasteiger partial charge in [0.1, 0.15) is 0 Å². The number of nitrogens with two attached hydrogens (primary N) is 1. The van der Waals surface area contributed by atoms with Gasteiger partial charge in [0, 0.05) is 11.1 Å². The lowest BCUT2D eigenvalue weighted by molar-refractivity contribution is 1.39. The molecule has 0 aliphatic rings. The van der Waals surface area contributed by atoms with Gasteiger partial charge in [0.25, 0.3) is 0 Å². The maximum atomic E-state index is 6.30. The van der Waals surface area contributed by atoms with Crippen LogP contribution in [0.4, 0.5) is 5.69 Å². The van der Waals surface area contributed by atoms with Crippen molar-refractivity contribution in [3.8, 4) is 0 Å². The van der Waals surface area contributed by atoms with E-state index in [4.69, 9.17) is 5.73 Å². The molecule has 1 nitrogen and oxygen atoms in total. The van der Waals surface area contributed by atoms with E-state index in [1.165, 1.54) is 43.4 Å². The highest BCUT2D eigenvalue weighted by Crippen LogP contribution is 2.39. The molecule has 0 aliphatic carbocycles. The Bertz CT molecular complexity index is 898. The van der Waals surface area contributed by atoms with Crippen LogP contribution in [0, 0.1) is 20.8 Å². The fourth-order valence-corrected chi connectivity index (χ4v) is 3.40. The van der Waals surface area contributed by atoms with E-state index >= 15 is 0 Å². The zero-order valence-electron chi connectivity index (χ0n) is 12.0. The Labute approximate surface area is 118 Å². The van der Waals surface area contributed by atoms with Gasteiger partial charge in [-0.15, -0.1) is 0 Å². The zero-order chi connectivity index (χ0) is 14.0. The fourth-order valence-electron chi connectivity index (χ4n) is 3.40. The Morgan fingerprint density at radius 2 is 1.25 bits per heavy atom. The summed E-state index contributed by atoms with van der Waals surface area (Å²) in [5.41, 5.74) is 11.1. The fraction of sp³-hybridized carbons (Fsp3) is 0.158. The van der Waals surface area contributed by atoms with Crippen LogP contribution in [0.25, 0.3) is 32.3 Å². The van der Waals surface area contributed by atoms with E-state index in [-0.39, 0.29) is 0 Å². The van der Waals surface area contributed by atoms with Gasteiger partial charge in [-0.2, -0.15) is 0 Å². The molecule has 0 aliphatic heterocycles. The minimum Gasteiger partial charge on any atom is -0.398 e. The molecular weight excluding hydrogens is 242 g/mol. The van der Waals surface area contributed by atoms with Crippen molar-refractivity contribution < 1.29 is 0 Å². The van der Waals surface area contributed by atoms with Gasteiger partial charge in [0.05, 0.1) is 0 Å². The average molecular weight is 259 g/mol. The Morgan fingerprint density at radius 3 is 1.95 bits per heavy atom. The third-order valence-electron chi connectivity index (χ3n) is 4.68. The van der Waals surface area contributed by atoms with Gasteiger partial charge in [0.2, 0.25) is 0 Å². The van der Waals surface area contributed by atoms with Crippen LogP contribution in [0.5, 0.6) is 0 Å². The lowest BCUT2D eigenvalue weighted by Gasteiger charge is -2.16. The second kappa shape index (κ2) is 3.63. The van der Waals surface area contributed by atoms with Gasteiger partial charge in [-0.3, -0.25) is 0 Å². The number of hydrogen-bond acceptors (Lipinski definition) is 1. The highest BCUT2D eigenvalue weighted by Gasteiger charge is 2.13. The summed E-state index contributed by atoms with van der Waals surface area (Å²) in [6.45, 7) is 6.47. The van der Waals surface area contributed by atoms with Crippen molar-refractivity contribution in [2.24, 2.45) is 0 Å². The lowest BCUT2D eigenvalue weighted by Crippen LogP contribution is -1.95. The molecule has 4 aromatic rings. The molecule has 4 rings (SSSR count). The number of benzene rings is 4. The van der Waals surface area contributed by atoms with Crippen molar-refractivity contribution in [3.63, 3.8) is 0 Å². The van der Waals surface area contributed by atoms with Gasteiger partial charge in [-0.25, -0.2) is 0 Å². The minimum absolute atomic E-state index is 0.908. The molecule has 0 saturated carbocycles. The first-order chi connectivity index (χ1) is 9.58.